The Morgan fingerprint density at radius 1 is 1.42 bits per heavy atom. The van der Waals surface area contributed by atoms with Crippen LogP contribution in [-0.4, -0.2) is 24.3 Å². The number of ether oxygens (including phenoxy) is 2. The maximum atomic E-state index is 10.7. The third-order valence-corrected chi connectivity index (χ3v) is 2.47. The van der Waals surface area contributed by atoms with E-state index < -0.39 is 0 Å². The average molecular weight is 168 g/mol. The van der Waals surface area contributed by atoms with E-state index in [1.807, 2.05) is 19.1 Å². The van der Waals surface area contributed by atoms with Crippen molar-refractivity contribution in [1.82, 2.24) is 0 Å². The first-order chi connectivity index (χ1) is 5.68. The largest absolute Gasteiger partial charge is 0.459 e. The van der Waals surface area contributed by atoms with E-state index in [-0.39, 0.29) is 24.3 Å². The van der Waals surface area contributed by atoms with Gasteiger partial charge in [0.25, 0.3) is 0 Å². The number of carbonyl (C=O) groups excluding carboxylic acids is 1. The van der Waals surface area contributed by atoms with Gasteiger partial charge in [0.05, 0.1) is 6.10 Å². The molecule has 2 rings (SSSR count). The van der Waals surface area contributed by atoms with Gasteiger partial charge in [-0.05, 0) is 0 Å². The highest BCUT2D eigenvalue weighted by Crippen LogP contribution is 2.35. The highest BCUT2D eigenvalue weighted by Gasteiger charge is 2.45. The minimum Gasteiger partial charge on any atom is -0.459 e. The van der Waals surface area contributed by atoms with E-state index in [2.05, 4.69) is 0 Å². The standard InChI is InChI=1S/C9H12O3/c1-5-7-3-4-8(12-7)9(5)11-6(2)10/h3-5,7-9H,1-2H3. The third-order valence-electron chi connectivity index (χ3n) is 2.47. The topological polar surface area (TPSA) is 35.5 Å². The van der Waals surface area contributed by atoms with Gasteiger partial charge in [0.15, 0.2) is 0 Å². The third kappa shape index (κ3) is 1.05. The second-order valence-corrected chi connectivity index (χ2v) is 3.38. The minimum atomic E-state index is -0.226. The number of esters is 1. The van der Waals surface area contributed by atoms with E-state index in [0.29, 0.717) is 5.92 Å². The quantitative estimate of drug-likeness (QED) is 0.431. The van der Waals surface area contributed by atoms with Gasteiger partial charge in [-0.1, -0.05) is 19.1 Å². The van der Waals surface area contributed by atoms with Crippen molar-refractivity contribution >= 4 is 5.97 Å². The average Bonchev–Trinajstić information content (AvgIpc) is 2.53. The summed E-state index contributed by atoms with van der Waals surface area (Å²) < 4.78 is 10.7. The number of fused-ring (bicyclic) bond motifs is 2. The molecule has 3 nitrogen and oxygen atoms in total. The fraction of sp³-hybridized carbons (Fsp3) is 0.667. The van der Waals surface area contributed by atoms with E-state index in [0.717, 1.165) is 0 Å². The predicted octanol–water partition coefficient (Wildman–Crippen LogP) is 0.891. The molecule has 0 spiro atoms. The van der Waals surface area contributed by atoms with Crippen molar-refractivity contribution in [1.29, 1.82) is 0 Å². The Kier molecular flexibility index (Phi) is 1.68. The summed E-state index contributed by atoms with van der Waals surface area (Å²) in [6.07, 6.45) is 4.08. The smallest absolute Gasteiger partial charge is 0.303 e. The molecule has 0 aliphatic carbocycles. The van der Waals surface area contributed by atoms with Crippen LogP contribution in [0.4, 0.5) is 0 Å². The van der Waals surface area contributed by atoms with E-state index in [1.54, 1.807) is 0 Å². The first-order valence-corrected chi connectivity index (χ1v) is 4.19. The van der Waals surface area contributed by atoms with Gasteiger partial charge in [-0.25, -0.2) is 0 Å². The van der Waals surface area contributed by atoms with Crippen LogP contribution >= 0.6 is 0 Å². The zero-order valence-corrected chi connectivity index (χ0v) is 7.19. The van der Waals surface area contributed by atoms with Crippen LogP contribution in [-0.2, 0) is 14.3 Å². The molecule has 0 N–H and O–H groups in total. The number of hydrogen-bond donors (Lipinski definition) is 0. The molecule has 2 aliphatic heterocycles. The van der Waals surface area contributed by atoms with Crippen LogP contribution in [0.3, 0.4) is 0 Å². The summed E-state index contributed by atoms with van der Waals surface area (Å²) in [4.78, 5) is 10.7. The van der Waals surface area contributed by atoms with Gasteiger partial charge < -0.3 is 9.47 Å². The molecular weight excluding hydrogens is 156 g/mol. The molecule has 2 bridgehead atoms. The first kappa shape index (κ1) is 7.80. The molecule has 1 fully saturated rings. The summed E-state index contributed by atoms with van der Waals surface area (Å²) in [5, 5.41) is 0. The van der Waals surface area contributed by atoms with E-state index in [9.17, 15) is 4.79 Å². The van der Waals surface area contributed by atoms with Gasteiger partial charge in [0.2, 0.25) is 0 Å². The molecule has 4 unspecified atom stereocenters. The fourth-order valence-corrected chi connectivity index (χ4v) is 1.83. The van der Waals surface area contributed by atoms with Crippen molar-refractivity contribution in [3.63, 3.8) is 0 Å². The molecular formula is C9H12O3. The van der Waals surface area contributed by atoms with Crippen molar-refractivity contribution in [2.45, 2.75) is 32.2 Å². The molecule has 4 atom stereocenters. The van der Waals surface area contributed by atoms with Gasteiger partial charge in [0.1, 0.15) is 12.2 Å². The van der Waals surface area contributed by atoms with Gasteiger partial charge in [-0.3, -0.25) is 4.79 Å². The monoisotopic (exact) mass is 168 g/mol. The molecule has 0 saturated carbocycles. The number of carbonyl (C=O) groups is 1. The van der Waals surface area contributed by atoms with Crippen LogP contribution in [0.25, 0.3) is 0 Å². The van der Waals surface area contributed by atoms with Crippen molar-refractivity contribution in [2.24, 2.45) is 5.92 Å². The lowest BCUT2D eigenvalue weighted by Gasteiger charge is -2.20. The van der Waals surface area contributed by atoms with E-state index >= 15 is 0 Å². The summed E-state index contributed by atoms with van der Waals surface area (Å²) in [7, 11) is 0. The molecule has 0 aromatic rings. The Balaban J connectivity index is 2.08. The molecule has 2 aliphatic rings. The zero-order valence-electron chi connectivity index (χ0n) is 7.19. The minimum absolute atomic E-state index is 0.00565. The number of rotatable bonds is 1. The fourth-order valence-electron chi connectivity index (χ4n) is 1.83. The molecule has 66 valence electrons. The Hall–Kier alpha value is -0.830. The molecule has 2 heterocycles. The lowest BCUT2D eigenvalue weighted by atomic mass is 9.93. The summed E-state index contributed by atoms with van der Waals surface area (Å²) in [5.74, 6) is 0.0697. The van der Waals surface area contributed by atoms with Crippen molar-refractivity contribution in [3.8, 4) is 0 Å². The Morgan fingerprint density at radius 2 is 2.08 bits per heavy atom. The van der Waals surface area contributed by atoms with Crippen LogP contribution in [0.1, 0.15) is 13.8 Å². The zero-order chi connectivity index (χ0) is 8.72. The maximum absolute atomic E-state index is 10.7. The van der Waals surface area contributed by atoms with Gasteiger partial charge in [-0.2, -0.15) is 0 Å². The van der Waals surface area contributed by atoms with Crippen LogP contribution in [0.15, 0.2) is 12.2 Å². The lowest BCUT2D eigenvalue weighted by molar-refractivity contribution is -0.149. The summed E-state index contributed by atoms with van der Waals surface area (Å²) in [6, 6.07) is 0. The van der Waals surface area contributed by atoms with Crippen LogP contribution in [0.5, 0.6) is 0 Å². The lowest BCUT2D eigenvalue weighted by Crippen LogP contribution is -2.31. The van der Waals surface area contributed by atoms with Gasteiger partial charge in [-0.15, -0.1) is 0 Å². The summed E-state index contributed by atoms with van der Waals surface area (Å²) in [5.41, 5.74) is 0. The normalized spacial score (nSPS) is 43.5. The van der Waals surface area contributed by atoms with Crippen LogP contribution < -0.4 is 0 Å². The highest BCUT2D eigenvalue weighted by atomic mass is 16.6. The Bertz CT molecular complexity index is 234. The predicted molar refractivity (Wildman–Crippen MR) is 42.5 cm³/mol. The Labute approximate surface area is 71.3 Å². The molecule has 1 saturated heterocycles. The molecule has 0 aromatic carbocycles. The molecule has 3 heteroatoms. The molecule has 0 amide bonds. The second-order valence-electron chi connectivity index (χ2n) is 3.38. The summed E-state index contributed by atoms with van der Waals surface area (Å²) in [6.45, 7) is 3.48. The highest BCUT2D eigenvalue weighted by molar-refractivity contribution is 5.66. The van der Waals surface area contributed by atoms with Crippen molar-refractivity contribution in [2.75, 3.05) is 0 Å². The molecule has 12 heavy (non-hydrogen) atoms. The van der Waals surface area contributed by atoms with E-state index in [4.69, 9.17) is 9.47 Å². The van der Waals surface area contributed by atoms with Crippen LogP contribution in [0, 0.1) is 5.92 Å². The van der Waals surface area contributed by atoms with Crippen LogP contribution in [0.2, 0.25) is 0 Å². The molecule has 0 radical (unpaired) electrons. The van der Waals surface area contributed by atoms with Crippen molar-refractivity contribution in [3.05, 3.63) is 12.2 Å². The van der Waals surface area contributed by atoms with Crippen molar-refractivity contribution < 1.29 is 14.3 Å². The Morgan fingerprint density at radius 3 is 2.58 bits per heavy atom. The van der Waals surface area contributed by atoms with Gasteiger partial charge in [0, 0.05) is 12.8 Å². The number of hydrogen-bond acceptors (Lipinski definition) is 3. The maximum Gasteiger partial charge on any atom is 0.303 e. The second kappa shape index (κ2) is 2.59. The van der Waals surface area contributed by atoms with Gasteiger partial charge >= 0.3 is 5.97 Å². The molecule has 0 aromatic heterocycles. The summed E-state index contributed by atoms with van der Waals surface area (Å²) >= 11 is 0. The SMILES string of the molecule is CC(=O)OC1C2C=CC(O2)C1C. The van der Waals surface area contributed by atoms with E-state index in [1.165, 1.54) is 6.92 Å². The first-order valence-electron chi connectivity index (χ1n) is 4.19.